The summed E-state index contributed by atoms with van der Waals surface area (Å²) in [5.41, 5.74) is -0.00516. The standard InChI is InChI=1S/C19H14F3NO4/c1-9-12-8-11(20)6-7-15(12)27-17(9)19(25)26-10(2)18(24)23-16-13(21)4-3-5-14(16)22/h3-8,10H,1-2H3,(H,23,24)/t10-/m1/s1. The van der Waals surface area contributed by atoms with E-state index in [4.69, 9.17) is 9.15 Å². The first-order chi connectivity index (χ1) is 12.8. The molecule has 1 heterocycles. The minimum atomic E-state index is -1.36. The van der Waals surface area contributed by atoms with Crippen LogP contribution in [0.4, 0.5) is 18.9 Å². The van der Waals surface area contributed by atoms with Gasteiger partial charge in [0, 0.05) is 10.9 Å². The number of hydrogen-bond acceptors (Lipinski definition) is 4. The number of fused-ring (bicyclic) bond motifs is 1. The SMILES string of the molecule is Cc1c(C(=O)O[C@H](C)C(=O)Nc2c(F)cccc2F)oc2ccc(F)cc12. The average Bonchev–Trinajstić information content (AvgIpc) is 2.94. The van der Waals surface area contributed by atoms with Crippen LogP contribution in [-0.2, 0) is 9.53 Å². The number of rotatable bonds is 4. The van der Waals surface area contributed by atoms with Gasteiger partial charge in [-0.05, 0) is 44.2 Å². The summed E-state index contributed by atoms with van der Waals surface area (Å²) in [6.07, 6.45) is -1.36. The van der Waals surface area contributed by atoms with Crippen molar-refractivity contribution in [1.29, 1.82) is 0 Å². The number of aryl methyl sites for hydroxylation is 1. The highest BCUT2D eigenvalue weighted by Crippen LogP contribution is 2.27. The Labute approximate surface area is 151 Å². The van der Waals surface area contributed by atoms with E-state index in [-0.39, 0.29) is 11.3 Å². The van der Waals surface area contributed by atoms with E-state index in [0.29, 0.717) is 10.9 Å². The third-order valence-corrected chi connectivity index (χ3v) is 3.95. The lowest BCUT2D eigenvalue weighted by Gasteiger charge is -2.13. The third kappa shape index (κ3) is 3.64. The summed E-state index contributed by atoms with van der Waals surface area (Å²) in [7, 11) is 0. The van der Waals surface area contributed by atoms with Crippen LogP contribution in [0.3, 0.4) is 0 Å². The van der Waals surface area contributed by atoms with Crippen LogP contribution in [0.2, 0.25) is 0 Å². The van der Waals surface area contributed by atoms with Crippen LogP contribution < -0.4 is 5.32 Å². The van der Waals surface area contributed by atoms with Gasteiger partial charge in [0.15, 0.2) is 6.10 Å². The summed E-state index contributed by atoms with van der Waals surface area (Å²) in [6.45, 7) is 2.78. The summed E-state index contributed by atoms with van der Waals surface area (Å²) in [5.74, 6) is -4.49. The Kier molecular flexibility index (Phi) is 4.89. The Balaban J connectivity index is 1.76. The summed E-state index contributed by atoms with van der Waals surface area (Å²) in [5, 5.41) is 2.43. The lowest BCUT2D eigenvalue weighted by molar-refractivity contribution is -0.123. The molecule has 1 aromatic heterocycles. The second-order valence-corrected chi connectivity index (χ2v) is 5.83. The van der Waals surface area contributed by atoms with E-state index in [2.05, 4.69) is 0 Å². The molecular weight excluding hydrogens is 363 g/mol. The molecular formula is C19H14F3NO4. The van der Waals surface area contributed by atoms with E-state index in [1.807, 2.05) is 5.32 Å². The first-order valence-corrected chi connectivity index (χ1v) is 7.92. The fourth-order valence-electron chi connectivity index (χ4n) is 2.50. The largest absolute Gasteiger partial charge is 0.449 e. The fraction of sp³-hybridized carbons (Fsp3) is 0.158. The molecule has 140 valence electrons. The molecule has 1 atom stereocenters. The summed E-state index contributed by atoms with van der Waals surface area (Å²) in [6, 6.07) is 6.86. The average molecular weight is 377 g/mol. The van der Waals surface area contributed by atoms with E-state index >= 15 is 0 Å². The zero-order valence-corrected chi connectivity index (χ0v) is 14.3. The lowest BCUT2D eigenvalue weighted by atomic mass is 10.1. The number of furan rings is 1. The molecule has 5 nitrogen and oxygen atoms in total. The van der Waals surface area contributed by atoms with Crippen LogP contribution >= 0.6 is 0 Å². The van der Waals surface area contributed by atoms with E-state index < -0.39 is 41.1 Å². The van der Waals surface area contributed by atoms with Crippen molar-refractivity contribution >= 4 is 28.5 Å². The maximum atomic E-state index is 13.6. The van der Waals surface area contributed by atoms with Gasteiger partial charge in [0.1, 0.15) is 28.7 Å². The molecule has 0 radical (unpaired) electrons. The molecule has 0 spiro atoms. The Bertz CT molecular complexity index is 1020. The summed E-state index contributed by atoms with van der Waals surface area (Å²) in [4.78, 5) is 24.4. The monoisotopic (exact) mass is 377 g/mol. The molecule has 1 N–H and O–H groups in total. The molecule has 1 amide bonds. The van der Waals surface area contributed by atoms with Gasteiger partial charge in [0.25, 0.3) is 5.91 Å². The topological polar surface area (TPSA) is 68.5 Å². The highest BCUT2D eigenvalue weighted by molar-refractivity contribution is 5.99. The number of anilines is 1. The van der Waals surface area contributed by atoms with Crippen LogP contribution in [0.5, 0.6) is 0 Å². The van der Waals surface area contributed by atoms with Crippen LogP contribution in [0.15, 0.2) is 40.8 Å². The molecule has 0 unspecified atom stereocenters. The van der Waals surface area contributed by atoms with Gasteiger partial charge in [0.05, 0.1) is 0 Å². The molecule has 0 aliphatic heterocycles. The van der Waals surface area contributed by atoms with Gasteiger partial charge < -0.3 is 14.5 Å². The number of carbonyl (C=O) groups is 2. The predicted octanol–water partition coefficient (Wildman–Crippen LogP) is 4.34. The van der Waals surface area contributed by atoms with E-state index in [1.165, 1.54) is 25.1 Å². The zero-order valence-electron chi connectivity index (χ0n) is 14.3. The quantitative estimate of drug-likeness (QED) is 0.687. The molecule has 0 aliphatic carbocycles. The van der Waals surface area contributed by atoms with Crippen LogP contribution in [0.25, 0.3) is 11.0 Å². The molecule has 8 heteroatoms. The zero-order chi connectivity index (χ0) is 19.7. The number of nitrogens with one attached hydrogen (secondary N) is 1. The second-order valence-electron chi connectivity index (χ2n) is 5.83. The van der Waals surface area contributed by atoms with Crippen molar-refractivity contribution in [1.82, 2.24) is 0 Å². The number of hydrogen-bond donors (Lipinski definition) is 1. The molecule has 3 aromatic rings. The lowest BCUT2D eigenvalue weighted by Crippen LogP contribution is -2.30. The number of esters is 1. The van der Waals surface area contributed by atoms with E-state index in [0.717, 1.165) is 18.2 Å². The second kappa shape index (κ2) is 7.14. The maximum Gasteiger partial charge on any atom is 0.375 e. The minimum absolute atomic E-state index is 0.188. The number of para-hydroxylation sites is 1. The molecule has 0 bridgehead atoms. The van der Waals surface area contributed by atoms with E-state index in [1.54, 1.807) is 6.92 Å². The smallest absolute Gasteiger partial charge is 0.375 e. The van der Waals surface area contributed by atoms with Crippen LogP contribution in [0, 0.1) is 24.4 Å². The molecule has 0 saturated heterocycles. The number of halogens is 3. The van der Waals surface area contributed by atoms with Crippen LogP contribution in [0.1, 0.15) is 23.0 Å². The highest BCUT2D eigenvalue weighted by atomic mass is 19.1. The molecule has 27 heavy (non-hydrogen) atoms. The predicted molar refractivity (Wildman–Crippen MR) is 90.8 cm³/mol. The van der Waals surface area contributed by atoms with Crippen molar-refractivity contribution in [3.8, 4) is 0 Å². The van der Waals surface area contributed by atoms with Crippen molar-refractivity contribution in [2.75, 3.05) is 5.32 Å². The minimum Gasteiger partial charge on any atom is -0.449 e. The highest BCUT2D eigenvalue weighted by Gasteiger charge is 2.25. The van der Waals surface area contributed by atoms with Gasteiger partial charge in [-0.25, -0.2) is 18.0 Å². The number of amides is 1. The Morgan fingerprint density at radius 1 is 1.11 bits per heavy atom. The molecule has 0 aliphatic rings. The van der Waals surface area contributed by atoms with Gasteiger partial charge >= 0.3 is 5.97 Å². The fourth-order valence-corrected chi connectivity index (χ4v) is 2.50. The molecule has 0 saturated carbocycles. The summed E-state index contributed by atoms with van der Waals surface area (Å²) < 4.78 is 50.9. The Morgan fingerprint density at radius 2 is 1.78 bits per heavy atom. The van der Waals surface area contributed by atoms with Crippen molar-refractivity contribution in [2.45, 2.75) is 20.0 Å². The van der Waals surface area contributed by atoms with Gasteiger partial charge in [-0.1, -0.05) is 6.07 Å². The van der Waals surface area contributed by atoms with Crippen molar-refractivity contribution in [3.63, 3.8) is 0 Å². The van der Waals surface area contributed by atoms with Gasteiger partial charge in [-0.3, -0.25) is 4.79 Å². The first-order valence-electron chi connectivity index (χ1n) is 7.92. The van der Waals surface area contributed by atoms with Crippen molar-refractivity contribution < 1.29 is 31.9 Å². The molecule has 2 aromatic carbocycles. The Hall–Kier alpha value is -3.29. The molecule has 0 fully saturated rings. The Morgan fingerprint density at radius 3 is 2.44 bits per heavy atom. The third-order valence-electron chi connectivity index (χ3n) is 3.95. The van der Waals surface area contributed by atoms with Gasteiger partial charge in [-0.2, -0.15) is 0 Å². The van der Waals surface area contributed by atoms with E-state index in [9.17, 15) is 22.8 Å². The molecule has 3 rings (SSSR count). The normalized spacial score (nSPS) is 12.0. The first kappa shape index (κ1) is 18.5. The number of ether oxygens (including phenoxy) is 1. The van der Waals surface area contributed by atoms with Gasteiger partial charge in [0.2, 0.25) is 5.76 Å². The van der Waals surface area contributed by atoms with Crippen LogP contribution in [-0.4, -0.2) is 18.0 Å². The number of benzene rings is 2. The van der Waals surface area contributed by atoms with Crippen molar-refractivity contribution in [2.24, 2.45) is 0 Å². The number of carbonyl (C=O) groups excluding carboxylic acids is 2. The summed E-state index contributed by atoms with van der Waals surface area (Å²) >= 11 is 0. The van der Waals surface area contributed by atoms with Gasteiger partial charge in [-0.15, -0.1) is 0 Å². The maximum absolute atomic E-state index is 13.6. The van der Waals surface area contributed by atoms with Crippen molar-refractivity contribution in [3.05, 3.63) is 65.2 Å².